The first-order valence-corrected chi connectivity index (χ1v) is 10.8. The molecule has 1 saturated heterocycles. The van der Waals surface area contributed by atoms with Gasteiger partial charge in [-0.15, -0.1) is 15.3 Å². The van der Waals surface area contributed by atoms with Crippen LogP contribution in [0, 0.1) is 5.92 Å². The summed E-state index contributed by atoms with van der Waals surface area (Å²) in [5.41, 5.74) is 1.86. The van der Waals surface area contributed by atoms with Crippen molar-refractivity contribution >= 4 is 17.4 Å². The summed E-state index contributed by atoms with van der Waals surface area (Å²) in [5, 5.41) is 18.1. The minimum absolute atomic E-state index is 0.0286. The van der Waals surface area contributed by atoms with Crippen molar-refractivity contribution in [2.24, 2.45) is 5.92 Å². The van der Waals surface area contributed by atoms with Crippen LogP contribution in [0.2, 0.25) is 0 Å². The number of carbonyl (C=O) groups is 1. The number of benzene rings is 1. The molecule has 1 amide bonds. The van der Waals surface area contributed by atoms with Crippen molar-refractivity contribution in [3.05, 3.63) is 66.2 Å². The molecule has 0 spiro atoms. The zero-order valence-electron chi connectivity index (χ0n) is 18.0. The summed E-state index contributed by atoms with van der Waals surface area (Å²) < 4.78 is 41.8. The predicted octanol–water partition coefficient (Wildman–Crippen LogP) is 2.86. The number of fused-ring (bicyclic) bond motifs is 1. The largest absolute Gasteiger partial charge is 0.453 e. The molecule has 1 N–H and O–H groups in total. The highest BCUT2D eigenvalue weighted by Gasteiger charge is 2.38. The van der Waals surface area contributed by atoms with Gasteiger partial charge >= 0.3 is 6.18 Å². The van der Waals surface area contributed by atoms with Gasteiger partial charge in [0.2, 0.25) is 5.91 Å². The van der Waals surface area contributed by atoms with E-state index in [9.17, 15) is 18.0 Å². The molecule has 9 nitrogen and oxygen atoms in total. The van der Waals surface area contributed by atoms with E-state index in [1.165, 1.54) is 6.07 Å². The Labute approximate surface area is 192 Å². The summed E-state index contributed by atoms with van der Waals surface area (Å²) in [6.07, 6.45) is 0.0953. The van der Waals surface area contributed by atoms with Crippen LogP contribution in [0.25, 0.3) is 11.3 Å². The number of para-hydroxylation sites is 1. The number of nitrogens with one attached hydrogen (secondary N) is 1. The first-order chi connectivity index (χ1) is 16.4. The number of alkyl halides is 3. The third-order valence-corrected chi connectivity index (χ3v) is 5.82. The maximum Gasteiger partial charge on any atom is 0.453 e. The Balaban J connectivity index is 1.17. The fourth-order valence-corrected chi connectivity index (χ4v) is 4.00. The summed E-state index contributed by atoms with van der Waals surface area (Å²) in [6.45, 7) is 1.38. The summed E-state index contributed by atoms with van der Waals surface area (Å²) >= 11 is 0. The van der Waals surface area contributed by atoms with Crippen molar-refractivity contribution in [2.75, 3.05) is 18.0 Å². The van der Waals surface area contributed by atoms with Crippen LogP contribution in [-0.2, 0) is 17.5 Å². The highest BCUT2D eigenvalue weighted by molar-refractivity contribution is 5.79. The maximum atomic E-state index is 13.1. The minimum atomic E-state index is -4.65. The molecule has 0 unspecified atom stereocenters. The van der Waals surface area contributed by atoms with Crippen LogP contribution in [0.5, 0.6) is 0 Å². The number of halogens is 3. The van der Waals surface area contributed by atoms with Crippen LogP contribution in [0.3, 0.4) is 0 Å². The van der Waals surface area contributed by atoms with Gasteiger partial charge in [-0.25, -0.2) is 4.68 Å². The molecule has 4 heterocycles. The number of hydrogen-bond acceptors (Lipinski definition) is 6. The molecule has 3 aromatic heterocycles. The molecular formula is C22H21F3N8O. The lowest BCUT2D eigenvalue weighted by atomic mass is 9.96. The van der Waals surface area contributed by atoms with Crippen molar-refractivity contribution in [1.82, 2.24) is 34.9 Å². The van der Waals surface area contributed by atoms with Crippen LogP contribution < -0.4 is 10.2 Å². The monoisotopic (exact) mass is 470 g/mol. The number of piperidine rings is 1. The first kappa shape index (κ1) is 21.9. The zero-order valence-corrected chi connectivity index (χ0v) is 18.0. The van der Waals surface area contributed by atoms with Crippen LogP contribution in [-0.4, -0.2) is 48.6 Å². The number of aromatic nitrogens is 6. The topological polar surface area (TPSA) is 93.2 Å². The van der Waals surface area contributed by atoms with Gasteiger partial charge in [0.05, 0.1) is 11.9 Å². The van der Waals surface area contributed by atoms with Gasteiger partial charge in [-0.3, -0.25) is 4.79 Å². The van der Waals surface area contributed by atoms with Crippen molar-refractivity contribution in [3.63, 3.8) is 0 Å². The average Bonchev–Trinajstić information content (AvgIpc) is 3.50. The number of carbonyl (C=O) groups excluding carboxylic acids is 1. The summed E-state index contributed by atoms with van der Waals surface area (Å²) in [5.74, 6) is -0.988. The minimum Gasteiger partial charge on any atom is -0.355 e. The molecule has 1 aromatic carbocycles. The highest BCUT2D eigenvalue weighted by atomic mass is 19.4. The lowest BCUT2D eigenvalue weighted by Crippen LogP contribution is -2.40. The zero-order chi connectivity index (χ0) is 23.7. The quantitative estimate of drug-likeness (QED) is 0.482. The van der Waals surface area contributed by atoms with Crippen molar-refractivity contribution in [1.29, 1.82) is 0 Å². The predicted molar refractivity (Wildman–Crippen MR) is 116 cm³/mol. The number of rotatable bonds is 5. The third kappa shape index (κ3) is 4.43. The molecule has 12 heteroatoms. The van der Waals surface area contributed by atoms with E-state index in [-0.39, 0.29) is 17.5 Å². The lowest BCUT2D eigenvalue weighted by molar-refractivity contribution is -0.146. The molecule has 0 bridgehead atoms. The van der Waals surface area contributed by atoms with Crippen LogP contribution in [0.1, 0.15) is 24.2 Å². The molecule has 34 heavy (non-hydrogen) atoms. The standard InChI is InChI=1S/C22H21F3N8O/c23-22(24,25)21-29-28-18-6-7-19(30-33(18)21)31-10-8-16(9-11-31)20(34)26-12-15-13-27-32(14-15)17-4-2-1-3-5-17/h1-7,13-14,16H,8-12H2,(H,26,34). The fraction of sp³-hybridized carbons (Fsp3) is 0.318. The Morgan fingerprint density at radius 1 is 1.06 bits per heavy atom. The van der Waals surface area contributed by atoms with E-state index in [2.05, 4.69) is 25.7 Å². The summed E-state index contributed by atoms with van der Waals surface area (Å²) in [4.78, 5) is 14.5. The van der Waals surface area contributed by atoms with Gasteiger partial charge in [0.25, 0.3) is 5.82 Å². The van der Waals surface area contributed by atoms with E-state index in [0.717, 1.165) is 11.3 Å². The van der Waals surface area contributed by atoms with E-state index in [1.54, 1.807) is 16.9 Å². The van der Waals surface area contributed by atoms with Gasteiger partial charge in [0.15, 0.2) is 5.65 Å². The van der Waals surface area contributed by atoms with Gasteiger partial charge in [-0.05, 0) is 37.1 Å². The molecular weight excluding hydrogens is 449 g/mol. The molecule has 1 aliphatic heterocycles. The molecule has 176 valence electrons. The molecule has 0 radical (unpaired) electrons. The van der Waals surface area contributed by atoms with E-state index in [1.807, 2.05) is 41.4 Å². The summed E-state index contributed by atoms with van der Waals surface area (Å²) in [6, 6.07) is 12.8. The molecule has 1 aliphatic rings. The number of amides is 1. The van der Waals surface area contributed by atoms with Crippen LogP contribution in [0.4, 0.5) is 19.0 Å². The normalized spacial score (nSPS) is 15.1. The SMILES string of the molecule is O=C(NCc1cnn(-c2ccccc2)c1)C1CCN(c2ccc3nnc(C(F)(F)F)n3n2)CC1. The highest BCUT2D eigenvalue weighted by Crippen LogP contribution is 2.28. The van der Waals surface area contributed by atoms with Gasteiger partial charge in [-0.1, -0.05) is 18.2 Å². The van der Waals surface area contributed by atoms with E-state index < -0.39 is 12.0 Å². The molecule has 5 rings (SSSR count). The number of nitrogens with zero attached hydrogens (tertiary/aromatic N) is 7. The Kier molecular flexibility index (Phi) is 5.64. The van der Waals surface area contributed by atoms with Gasteiger partial charge < -0.3 is 10.2 Å². The van der Waals surface area contributed by atoms with Gasteiger partial charge in [-0.2, -0.15) is 22.8 Å². The van der Waals surface area contributed by atoms with Crippen molar-refractivity contribution in [3.8, 4) is 5.69 Å². The first-order valence-electron chi connectivity index (χ1n) is 10.8. The maximum absolute atomic E-state index is 13.1. The van der Waals surface area contributed by atoms with E-state index in [4.69, 9.17) is 0 Å². The molecule has 1 fully saturated rings. The lowest BCUT2D eigenvalue weighted by Gasteiger charge is -2.32. The molecule has 0 aliphatic carbocycles. The fourth-order valence-electron chi connectivity index (χ4n) is 4.00. The molecule has 0 atom stereocenters. The average molecular weight is 470 g/mol. The Hall–Kier alpha value is -3.96. The number of anilines is 1. The van der Waals surface area contributed by atoms with Gasteiger partial charge in [0, 0.05) is 37.3 Å². The van der Waals surface area contributed by atoms with Gasteiger partial charge in [0.1, 0.15) is 5.82 Å². The van der Waals surface area contributed by atoms with E-state index in [0.29, 0.717) is 42.8 Å². The Bertz CT molecular complexity index is 1290. The second kappa shape index (κ2) is 8.76. The smallest absolute Gasteiger partial charge is 0.355 e. The number of hydrogen-bond donors (Lipinski definition) is 1. The van der Waals surface area contributed by atoms with Crippen LogP contribution in [0.15, 0.2) is 54.9 Å². The second-order valence-electron chi connectivity index (χ2n) is 8.09. The second-order valence-corrected chi connectivity index (χ2v) is 8.09. The van der Waals surface area contributed by atoms with Crippen molar-refractivity contribution in [2.45, 2.75) is 25.6 Å². The van der Waals surface area contributed by atoms with Crippen molar-refractivity contribution < 1.29 is 18.0 Å². The Morgan fingerprint density at radius 2 is 1.82 bits per heavy atom. The Morgan fingerprint density at radius 3 is 2.56 bits per heavy atom. The molecule has 4 aromatic rings. The van der Waals surface area contributed by atoms with E-state index >= 15 is 0 Å². The third-order valence-electron chi connectivity index (χ3n) is 5.82. The van der Waals surface area contributed by atoms with Crippen LogP contribution >= 0.6 is 0 Å². The summed E-state index contributed by atoms with van der Waals surface area (Å²) in [7, 11) is 0. The molecule has 0 saturated carbocycles.